The molecule has 2 rings (SSSR count). The number of nitrogens with one attached hydrogen (secondary N) is 1. The van der Waals surface area contributed by atoms with Crippen LogP contribution in [-0.4, -0.2) is 22.8 Å². The van der Waals surface area contributed by atoms with Crippen molar-refractivity contribution in [2.24, 2.45) is 0 Å². The van der Waals surface area contributed by atoms with Gasteiger partial charge in [0, 0.05) is 5.39 Å². The maximum atomic E-state index is 10.3. The molecule has 0 heterocycles. The quantitative estimate of drug-likeness (QED) is 0.703. The van der Waals surface area contributed by atoms with Gasteiger partial charge in [-0.15, -0.1) is 0 Å². The van der Waals surface area contributed by atoms with E-state index >= 15 is 0 Å². The maximum absolute atomic E-state index is 10.3. The fourth-order valence-electron chi connectivity index (χ4n) is 1.53. The number of aromatic hydroxyl groups is 1. The zero-order chi connectivity index (χ0) is 12.3. The van der Waals surface area contributed by atoms with Crippen LogP contribution >= 0.6 is 0 Å². The first-order valence-corrected chi connectivity index (χ1v) is 4.98. The van der Waals surface area contributed by atoms with Gasteiger partial charge in [-0.1, -0.05) is 18.2 Å². The lowest BCUT2D eigenvalue weighted by Crippen LogP contribution is -2.11. The Bertz CT molecular complexity index is 553. The second-order valence-corrected chi connectivity index (χ2v) is 3.50. The highest BCUT2D eigenvalue weighted by Gasteiger charge is 2.03. The Morgan fingerprint density at radius 1 is 1.29 bits per heavy atom. The van der Waals surface area contributed by atoms with Crippen LogP contribution in [0.1, 0.15) is 0 Å². The van der Waals surface area contributed by atoms with Crippen LogP contribution in [0, 0.1) is 0 Å². The van der Waals surface area contributed by atoms with Gasteiger partial charge < -0.3 is 10.2 Å². The fourth-order valence-corrected chi connectivity index (χ4v) is 1.53. The third-order valence-corrected chi connectivity index (χ3v) is 2.24. The van der Waals surface area contributed by atoms with Crippen LogP contribution in [0.5, 0.6) is 5.75 Å². The van der Waals surface area contributed by atoms with Crippen LogP contribution in [0.3, 0.4) is 0 Å². The van der Waals surface area contributed by atoms with Gasteiger partial charge in [-0.3, -0.25) is 10.3 Å². The summed E-state index contributed by atoms with van der Waals surface area (Å²) in [5.41, 5.74) is 3.17. The van der Waals surface area contributed by atoms with Gasteiger partial charge in [0.25, 0.3) is 0 Å². The monoisotopic (exact) mass is 233 g/mol. The van der Waals surface area contributed by atoms with Crippen LogP contribution in [0.25, 0.3) is 10.8 Å². The molecule has 0 fully saturated rings. The lowest BCUT2D eigenvalue weighted by Gasteiger charge is -2.08. The van der Waals surface area contributed by atoms with Crippen LogP contribution in [-0.2, 0) is 9.63 Å². The Hall–Kier alpha value is -2.27. The Morgan fingerprint density at radius 2 is 2.12 bits per heavy atom. The van der Waals surface area contributed by atoms with Gasteiger partial charge in [-0.2, -0.15) is 0 Å². The van der Waals surface area contributed by atoms with Crippen molar-refractivity contribution in [1.29, 1.82) is 0 Å². The van der Waals surface area contributed by atoms with Crippen molar-refractivity contribution >= 4 is 22.4 Å². The summed E-state index contributed by atoms with van der Waals surface area (Å²) in [7, 11) is 0. The number of aliphatic carboxylic acids is 1. The summed E-state index contributed by atoms with van der Waals surface area (Å²) in [5, 5.41) is 19.5. The van der Waals surface area contributed by atoms with Gasteiger partial charge in [0.1, 0.15) is 5.75 Å². The summed E-state index contributed by atoms with van der Waals surface area (Å²) in [6, 6.07) is 10.4. The Labute approximate surface area is 97.2 Å². The van der Waals surface area contributed by atoms with Gasteiger partial charge in [0.15, 0.2) is 6.61 Å². The number of anilines is 1. The molecule has 0 spiro atoms. The van der Waals surface area contributed by atoms with E-state index in [9.17, 15) is 9.90 Å². The number of rotatable bonds is 4. The topological polar surface area (TPSA) is 78.8 Å². The first kappa shape index (κ1) is 11.2. The zero-order valence-electron chi connectivity index (χ0n) is 8.88. The second kappa shape index (κ2) is 4.71. The number of carboxylic acids is 1. The lowest BCUT2D eigenvalue weighted by atomic mass is 10.1. The largest absolute Gasteiger partial charge is 0.508 e. The molecule has 0 aliphatic heterocycles. The van der Waals surface area contributed by atoms with Crippen molar-refractivity contribution in [3.05, 3.63) is 36.4 Å². The predicted molar refractivity (Wildman–Crippen MR) is 62.8 cm³/mol. The fraction of sp³-hybridized carbons (Fsp3) is 0.0833. The summed E-state index contributed by atoms with van der Waals surface area (Å²) in [6.45, 7) is -0.435. The van der Waals surface area contributed by atoms with Crippen molar-refractivity contribution in [3.63, 3.8) is 0 Å². The molecule has 5 nitrogen and oxygen atoms in total. The highest BCUT2D eigenvalue weighted by atomic mass is 16.7. The standard InChI is InChI=1S/C12H11NO4/c14-9-5-4-8-2-1-3-11(10(8)6-9)13-17-7-12(15)16/h1-6,13-14H,7H2,(H,15,16). The Balaban J connectivity index is 2.27. The number of carbonyl (C=O) groups is 1. The summed E-state index contributed by atoms with van der Waals surface area (Å²) in [6.07, 6.45) is 0. The number of phenolic OH excluding ortho intramolecular Hbond substituents is 1. The molecular formula is C12H11NO4. The summed E-state index contributed by atoms with van der Waals surface area (Å²) in [5.74, 6) is -0.912. The van der Waals surface area contributed by atoms with Crippen molar-refractivity contribution in [3.8, 4) is 5.75 Å². The highest BCUT2D eigenvalue weighted by Crippen LogP contribution is 2.26. The molecule has 0 saturated carbocycles. The number of hydrogen-bond donors (Lipinski definition) is 3. The average Bonchev–Trinajstić information content (AvgIpc) is 2.29. The molecule has 2 aromatic rings. The molecule has 5 heteroatoms. The molecule has 0 aromatic heterocycles. The van der Waals surface area contributed by atoms with E-state index < -0.39 is 12.6 Å². The number of benzene rings is 2. The Morgan fingerprint density at radius 3 is 2.88 bits per heavy atom. The van der Waals surface area contributed by atoms with Gasteiger partial charge in [-0.25, -0.2) is 4.79 Å². The van der Waals surface area contributed by atoms with Gasteiger partial charge in [0.05, 0.1) is 5.69 Å². The third-order valence-electron chi connectivity index (χ3n) is 2.24. The number of carboxylic acid groups (broad SMARTS) is 1. The minimum Gasteiger partial charge on any atom is -0.508 e. The molecule has 0 aliphatic carbocycles. The second-order valence-electron chi connectivity index (χ2n) is 3.50. The molecule has 0 bridgehead atoms. The maximum Gasteiger partial charge on any atom is 0.332 e. The molecule has 2 aromatic carbocycles. The van der Waals surface area contributed by atoms with Crippen LogP contribution in [0.2, 0.25) is 0 Å². The van der Waals surface area contributed by atoms with E-state index in [0.717, 1.165) is 10.8 Å². The minimum atomic E-state index is -1.06. The number of phenols is 1. The SMILES string of the molecule is O=C(O)CONc1cccc2ccc(O)cc12. The van der Waals surface area contributed by atoms with E-state index in [4.69, 9.17) is 9.94 Å². The van der Waals surface area contributed by atoms with E-state index in [1.807, 2.05) is 12.1 Å². The highest BCUT2D eigenvalue weighted by molar-refractivity contribution is 5.94. The van der Waals surface area contributed by atoms with Crippen molar-refractivity contribution in [1.82, 2.24) is 0 Å². The summed E-state index contributed by atoms with van der Waals surface area (Å²) >= 11 is 0. The van der Waals surface area contributed by atoms with E-state index in [2.05, 4.69) is 5.48 Å². The molecular weight excluding hydrogens is 222 g/mol. The average molecular weight is 233 g/mol. The van der Waals surface area contributed by atoms with E-state index in [1.54, 1.807) is 24.3 Å². The minimum absolute atomic E-state index is 0.144. The van der Waals surface area contributed by atoms with Gasteiger partial charge in [-0.05, 0) is 23.6 Å². The van der Waals surface area contributed by atoms with Gasteiger partial charge >= 0.3 is 5.97 Å². The molecule has 0 radical (unpaired) electrons. The van der Waals surface area contributed by atoms with E-state index in [1.165, 1.54) is 0 Å². The molecule has 0 aliphatic rings. The molecule has 17 heavy (non-hydrogen) atoms. The number of hydrogen-bond acceptors (Lipinski definition) is 4. The van der Waals surface area contributed by atoms with Crippen LogP contribution in [0.15, 0.2) is 36.4 Å². The smallest absolute Gasteiger partial charge is 0.332 e. The van der Waals surface area contributed by atoms with Crippen LogP contribution < -0.4 is 5.48 Å². The first-order valence-electron chi connectivity index (χ1n) is 4.98. The zero-order valence-corrected chi connectivity index (χ0v) is 8.88. The molecule has 0 saturated heterocycles. The van der Waals surface area contributed by atoms with Crippen molar-refractivity contribution in [2.75, 3.05) is 12.1 Å². The predicted octanol–water partition coefficient (Wildman–Crippen LogP) is 1.97. The van der Waals surface area contributed by atoms with Gasteiger partial charge in [0.2, 0.25) is 0 Å². The molecule has 0 unspecified atom stereocenters. The summed E-state index contributed by atoms with van der Waals surface area (Å²) in [4.78, 5) is 15.1. The normalized spacial score (nSPS) is 10.4. The molecule has 88 valence electrons. The number of fused-ring (bicyclic) bond motifs is 1. The molecule has 0 amide bonds. The van der Waals surface area contributed by atoms with Crippen LogP contribution in [0.4, 0.5) is 5.69 Å². The lowest BCUT2D eigenvalue weighted by molar-refractivity contribution is -0.141. The van der Waals surface area contributed by atoms with E-state index in [-0.39, 0.29) is 5.75 Å². The first-order chi connectivity index (χ1) is 8.16. The Kier molecular flexibility index (Phi) is 3.11. The molecule has 0 atom stereocenters. The third kappa shape index (κ3) is 2.64. The summed E-state index contributed by atoms with van der Waals surface area (Å²) < 4.78 is 0. The molecule has 3 N–H and O–H groups in total. The van der Waals surface area contributed by atoms with E-state index in [0.29, 0.717) is 5.69 Å². The van der Waals surface area contributed by atoms with Crippen molar-refractivity contribution in [2.45, 2.75) is 0 Å². The van der Waals surface area contributed by atoms with Crippen molar-refractivity contribution < 1.29 is 19.8 Å².